The number of hydrogen-bond donors (Lipinski definition) is 1. The van der Waals surface area contributed by atoms with Crippen LogP contribution in [-0.2, 0) is 0 Å². The van der Waals surface area contributed by atoms with Crippen LogP contribution in [0.4, 0.5) is 16.8 Å². The van der Waals surface area contributed by atoms with Gasteiger partial charge >= 0.3 is 0 Å². The van der Waals surface area contributed by atoms with E-state index in [2.05, 4.69) is 35.7 Å². The maximum absolute atomic E-state index is 9.57. The fourth-order valence-corrected chi connectivity index (χ4v) is 4.40. The first-order chi connectivity index (χ1) is 12.3. The Morgan fingerprint density at radius 1 is 1.00 bits per heavy atom. The average molecular weight is 360 g/mol. The topological polar surface area (TPSA) is 68.6 Å². The van der Waals surface area contributed by atoms with Crippen molar-refractivity contribution in [3.05, 3.63) is 24.0 Å². The first-order valence-corrected chi connectivity index (χ1v) is 9.82. The minimum Gasteiger partial charge on any atom is -0.394 e. The summed E-state index contributed by atoms with van der Waals surface area (Å²) in [4.78, 5) is 20.3. The normalized spacial score (nSPS) is 21.6. The molecule has 134 valence electrons. The molecule has 0 amide bonds. The Labute approximate surface area is 151 Å². The number of aliphatic hydroxyl groups is 1. The fourth-order valence-electron chi connectivity index (χ4n) is 3.70. The Bertz CT molecular complexity index is 682. The van der Waals surface area contributed by atoms with Crippen molar-refractivity contribution in [2.75, 3.05) is 54.0 Å². The molecule has 2 aromatic heterocycles. The van der Waals surface area contributed by atoms with E-state index in [-0.39, 0.29) is 12.6 Å². The van der Waals surface area contributed by atoms with Gasteiger partial charge in [0.2, 0.25) is 0 Å². The summed E-state index contributed by atoms with van der Waals surface area (Å²) in [5, 5.41) is 12.7. The molecule has 1 N–H and O–H groups in total. The summed E-state index contributed by atoms with van der Waals surface area (Å²) >= 11 is 1.70. The lowest BCUT2D eigenvalue weighted by atomic mass is 10.2. The van der Waals surface area contributed by atoms with E-state index < -0.39 is 0 Å². The van der Waals surface area contributed by atoms with Gasteiger partial charge in [0, 0.05) is 50.4 Å². The molecule has 0 radical (unpaired) electrons. The molecule has 25 heavy (non-hydrogen) atoms. The highest BCUT2D eigenvalue weighted by Crippen LogP contribution is 2.26. The molecule has 4 heterocycles. The van der Waals surface area contributed by atoms with Crippen LogP contribution in [0.15, 0.2) is 24.0 Å². The molecule has 2 saturated heterocycles. The third-order valence-electron chi connectivity index (χ3n) is 5.03. The molecule has 0 spiro atoms. The van der Waals surface area contributed by atoms with Crippen molar-refractivity contribution in [1.29, 1.82) is 0 Å². The summed E-state index contributed by atoms with van der Waals surface area (Å²) in [6.07, 6.45) is 6.75. The maximum atomic E-state index is 9.57. The van der Waals surface area contributed by atoms with Gasteiger partial charge in [0.05, 0.1) is 12.6 Å². The highest BCUT2D eigenvalue weighted by molar-refractivity contribution is 7.13. The molecule has 1 atom stereocenters. The van der Waals surface area contributed by atoms with E-state index in [0.29, 0.717) is 0 Å². The maximum Gasteiger partial charge on any atom is 0.185 e. The molecule has 4 rings (SSSR count). The monoisotopic (exact) mass is 360 g/mol. The van der Waals surface area contributed by atoms with E-state index in [1.165, 1.54) is 0 Å². The molecule has 2 aliphatic heterocycles. The minimum atomic E-state index is 0.186. The van der Waals surface area contributed by atoms with Gasteiger partial charge in [-0.15, -0.1) is 11.3 Å². The third kappa shape index (κ3) is 3.55. The minimum absolute atomic E-state index is 0.186. The SMILES string of the molecule is OCC1CCCN1c1cc(N2CCCN(c3nccs3)CC2)ncn1. The number of thiazole rings is 1. The Kier molecular flexibility index (Phi) is 4.98. The van der Waals surface area contributed by atoms with Crippen LogP contribution in [0.25, 0.3) is 0 Å². The molecular formula is C17H24N6OS. The molecular weight excluding hydrogens is 336 g/mol. The number of hydrogen-bond acceptors (Lipinski definition) is 8. The Morgan fingerprint density at radius 3 is 2.68 bits per heavy atom. The second-order valence-electron chi connectivity index (χ2n) is 6.55. The zero-order valence-corrected chi connectivity index (χ0v) is 15.1. The second kappa shape index (κ2) is 7.53. The van der Waals surface area contributed by atoms with Gasteiger partial charge < -0.3 is 19.8 Å². The van der Waals surface area contributed by atoms with Crippen molar-refractivity contribution in [2.45, 2.75) is 25.3 Å². The summed E-state index contributed by atoms with van der Waals surface area (Å²) in [7, 11) is 0. The lowest BCUT2D eigenvalue weighted by molar-refractivity contribution is 0.266. The van der Waals surface area contributed by atoms with Crippen LogP contribution in [0.5, 0.6) is 0 Å². The summed E-state index contributed by atoms with van der Waals surface area (Å²) < 4.78 is 0. The van der Waals surface area contributed by atoms with E-state index in [9.17, 15) is 5.11 Å². The molecule has 0 saturated carbocycles. The van der Waals surface area contributed by atoms with Gasteiger partial charge in [-0.3, -0.25) is 0 Å². The smallest absolute Gasteiger partial charge is 0.185 e. The van der Waals surface area contributed by atoms with Crippen LogP contribution in [-0.4, -0.2) is 65.4 Å². The van der Waals surface area contributed by atoms with Gasteiger partial charge in [-0.05, 0) is 19.3 Å². The molecule has 0 aromatic carbocycles. The second-order valence-corrected chi connectivity index (χ2v) is 7.42. The standard InChI is InChI=1S/C17H24N6OS/c24-12-14-3-1-7-23(14)16-11-15(19-13-20-16)21-5-2-6-22(9-8-21)17-18-4-10-25-17/h4,10-11,13-14,24H,1-3,5-9,12H2. The van der Waals surface area contributed by atoms with Crippen LogP contribution < -0.4 is 14.7 Å². The number of anilines is 3. The predicted molar refractivity (Wildman–Crippen MR) is 101 cm³/mol. The van der Waals surface area contributed by atoms with Gasteiger partial charge in [-0.2, -0.15) is 0 Å². The van der Waals surface area contributed by atoms with Crippen LogP contribution >= 0.6 is 11.3 Å². The quantitative estimate of drug-likeness (QED) is 0.888. The van der Waals surface area contributed by atoms with Crippen LogP contribution in [0.1, 0.15) is 19.3 Å². The number of aliphatic hydroxyl groups excluding tert-OH is 1. The van der Waals surface area contributed by atoms with E-state index in [1.807, 2.05) is 11.6 Å². The van der Waals surface area contributed by atoms with Crippen molar-refractivity contribution in [1.82, 2.24) is 15.0 Å². The van der Waals surface area contributed by atoms with Crippen molar-refractivity contribution in [3.63, 3.8) is 0 Å². The number of rotatable bonds is 4. The molecule has 1 unspecified atom stereocenters. The average Bonchev–Trinajstić information content (AvgIpc) is 3.29. The van der Waals surface area contributed by atoms with Crippen molar-refractivity contribution in [3.8, 4) is 0 Å². The van der Waals surface area contributed by atoms with Crippen molar-refractivity contribution >= 4 is 28.1 Å². The molecule has 2 aliphatic rings. The van der Waals surface area contributed by atoms with Gasteiger partial charge in [0.1, 0.15) is 18.0 Å². The van der Waals surface area contributed by atoms with Gasteiger partial charge in [0.15, 0.2) is 5.13 Å². The van der Waals surface area contributed by atoms with Gasteiger partial charge in [0.25, 0.3) is 0 Å². The first kappa shape index (κ1) is 16.5. The number of nitrogens with zero attached hydrogens (tertiary/aromatic N) is 6. The molecule has 2 aromatic rings. The van der Waals surface area contributed by atoms with E-state index in [1.54, 1.807) is 17.7 Å². The lowest BCUT2D eigenvalue weighted by Crippen LogP contribution is -2.34. The molecule has 2 fully saturated rings. The summed E-state index contributed by atoms with van der Waals surface area (Å²) in [6.45, 7) is 5.04. The fraction of sp³-hybridized carbons (Fsp3) is 0.588. The highest BCUT2D eigenvalue weighted by atomic mass is 32.1. The van der Waals surface area contributed by atoms with Crippen molar-refractivity contribution in [2.24, 2.45) is 0 Å². The summed E-state index contributed by atoms with van der Waals surface area (Å²) in [6, 6.07) is 2.26. The molecule has 8 heteroatoms. The molecule has 0 aliphatic carbocycles. The Morgan fingerprint density at radius 2 is 1.84 bits per heavy atom. The van der Waals surface area contributed by atoms with E-state index in [0.717, 1.165) is 68.8 Å². The zero-order valence-electron chi connectivity index (χ0n) is 14.3. The predicted octanol–water partition coefficient (Wildman–Crippen LogP) is 1.61. The summed E-state index contributed by atoms with van der Waals surface area (Å²) in [5.74, 6) is 1.91. The van der Waals surface area contributed by atoms with Crippen LogP contribution in [0, 0.1) is 0 Å². The van der Waals surface area contributed by atoms with Gasteiger partial charge in [-0.1, -0.05) is 0 Å². The van der Waals surface area contributed by atoms with Crippen molar-refractivity contribution < 1.29 is 5.11 Å². The largest absolute Gasteiger partial charge is 0.394 e. The van der Waals surface area contributed by atoms with E-state index in [4.69, 9.17) is 0 Å². The Balaban J connectivity index is 1.47. The molecule has 0 bridgehead atoms. The first-order valence-electron chi connectivity index (χ1n) is 8.94. The van der Waals surface area contributed by atoms with Crippen LogP contribution in [0.2, 0.25) is 0 Å². The van der Waals surface area contributed by atoms with E-state index >= 15 is 0 Å². The van der Waals surface area contributed by atoms with Crippen LogP contribution in [0.3, 0.4) is 0 Å². The third-order valence-corrected chi connectivity index (χ3v) is 5.86. The lowest BCUT2D eigenvalue weighted by Gasteiger charge is -2.26. The van der Waals surface area contributed by atoms with Gasteiger partial charge in [-0.25, -0.2) is 15.0 Å². The highest BCUT2D eigenvalue weighted by Gasteiger charge is 2.26. The Hall–Kier alpha value is -1.93. The molecule has 7 nitrogen and oxygen atoms in total. The number of aromatic nitrogens is 3. The zero-order chi connectivity index (χ0) is 17.1. The summed E-state index contributed by atoms with van der Waals surface area (Å²) in [5.41, 5.74) is 0.